The van der Waals surface area contributed by atoms with Crippen LogP contribution in [0.25, 0.3) is 6.08 Å². The maximum atomic E-state index is 12.9. The minimum absolute atomic E-state index is 0.336. The summed E-state index contributed by atoms with van der Waals surface area (Å²) in [5.41, 5.74) is 0.492. The van der Waals surface area contributed by atoms with Gasteiger partial charge in [0.1, 0.15) is 5.82 Å². The van der Waals surface area contributed by atoms with Gasteiger partial charge in [-0.2, -0.15) is 0 Å². The van der Waals surface area contributed by atoms with Crippen LogP contribution in [-0.2, 0) is 19.1 Å². The summed E-state index contributed by atoms with van der Waals surface area (Å²) in [6, 6.07) is 5.65. The lowest BCUT2D eigenvalue weighted by Gasteiger charge is -2.06. The van der Waals surface area contributed by atoms with Crippen LogP contribution >= 0.6 is 0 Å². The van der Waals surface area contributed by atoms with Crippen molar-refractivity contribution in [3.8, 4) is 0 Å². The number of hydrogen-bond acceptors (Lipinski definition) is 4. The van der Waals surface area contributed by atoms with Crippen molar-refractivity contribution < 1.29 is 23.5 Å². The zero-order valence-electron chi connectivity index (χ0n) is 11.8. The smallest absolute Gasteiger partial charge is 0.331 e. The SMILES string of the molecule is CC(C)C(=O)NC(=O)COC(=O)/C=C/c1cccc(F)c1. The predicted molar refractivity (Wildman–Crippen MR) is 74.4 cm³/mol. The van der Waals surface area contributed by atoms with E-state index in [0.717, 1.165) is 6.08 Å². The van der Waals surface area contributed by atoms with Crippen molar-refractivity contribution in [1.82, 2.24) is 5.32 Å². The van der Waals surface area contributed by atoms with Crippen molar-refractivity contribution in [2.45, 2.75) is 13.8 Å². The van der Waals surface area contributed by atoms with Crippen molar-refractivity contribution >= 4 is 23.9 Å². The average Bonchev–Trinajstić information content (AvgIpc) is 2.42. The number of esters is 1. The van der Waals surface area contributed by atoms with Crippen molar-refractivity contribution in [3.63, 3.8) is 0 Å². The number of ether oxygens (including phenoxy) is 1. The first-order valence-electron chi connectivity index (χ1n) is 6.32. The van der Waals surface area contributed by atoms with E-state index >= 15 is 0 Å². The van der Waals surface area contributed by atoms with Crippen molar-refractivity contribution in [2.75, 3.05) is 6.61 Å². The number of nitrogens with one attached hydrogen (secondary N) is 1. The lowest BCUT2D eigenvalue weighted by atomic mass is 10.2. The monoisotopic (exact) mass is 293 g/mol. The summed E-state index contributed by atoms with van der Waals surface area (Å²) in [4.78, 5) is 33.9. The number of carbonyl (C=O) groups excluding carboxylic acids is 3. The molecule has 1 N–H and O–H groups in total. The number of halogens is 1. The van der Waals surface area contributed by atoms with Gasteiger partial charge >= 0.3 is 5.97 Å². The lowest BCUT2D eigenvalue weighted by Crippen LogP contribution is -2.36. The molecule has 5 nitrogen and oxygen atoms in total. The molecule has 0 saturated carbocycles. The molecule has 0 spiro atoms. The highest BCUT2D eigenvalue weighted by molar-refractivity contribution is 5.97. The molecule has 1 rings (SSSR count). The molecule has 0 aliphatic heterocycles. The molecule has 0 saturated heterocycles. The summed E-state index contributed by atoms with van der Waals surface area (Å²) in [7, 11) is 0. The molecule has 0 aromatic heterocycles. The van der Waals surface area contributed by atoms with Crippen LogP contribution in [0.1, 0.15) is 19.4 Å². The minimum atomic E-state index is -0.758. The second-order valence-electron chi connectivity index (χ2n) is 4.56. The van der Waals surface area contributed by atoms with E-state index in [1.54, 1.807) is 19.9 Å². The number of imide groups is 1. The second-order valence-corrected chi connectivity index (χ2v) is 4.56. The molecule has 0 fully saturated rings. The lowest BCUT2D eigenvalue weighted by molar-refractivity contribution is -0.145. The van der Waals surface area contributed by atoms with Crippen LogP contribution in [0.2, 0.25) is 0 Å². The Hall–Kier alpha value is -2.50. The molecule has 2 amide bonds. The van der Waals surface area contributed by atoms with Gasteiger partial charge in [-0.1, -0.05) is 26.0 Å². The Morgan fingerprint density at radius 2 is 2.05 bits per heavy atom. The van der Waals surface area contributed by atoms with E-state index in [9.17, 15) is 18.8 Å². The molecule has 1 aromatic carbocycles. The highest BCUT2D eigenvalue weighted by Crippen LogP contribution is 2.05. The van der Waals surface area contributed by atoms with Crippen molar-refractivity contribution in [3.05, 3.63) is 41.7 Å². The molecule has 0 radical (unpaired) electrons. The van der Waals surface area contributed by atoms with Crippen LogP contribution in [0.3, 0.4) is 0 Å². The van der Waals surface area contributed by atoms with Gasteiger partial charge in [0, 0.05) is 12.0 Å². The summed E-state index contributed by atoms with van der Waals surface area (Å²) in [5.74, 6) is -2.64. The molecular formula is C15H16FNO4. The molecular weight excluding hydrogens is 277 g/mol. The summed E-state index contributed by atoms with van der Waals surface area (Å²) in [6.07, 6.45) is 2.44. The van der Waals surface area contributed by atoms with Crippen molar-refractivity contribution in [1.29, 1.82) is 0 Å². The molecule has 112 valence electrons. The first kappa shape index (κ1) is 16.6. The topological polar surface area (TPSA) is 72.5 Å². The Kier molecular flexibility index (Phi) is 6.26. The summed E-state index contributed by atoms with van der Waals surface area (Å²) >= 11 is 0. The third kappa shape index (κ3) is 6.47. The summed E-state index contributed by atoms with van der Waals surface area (Å²) < 4.78 is 17.5. The Labute approximate surface area is 121 Å². The third-order valence-electron chi connectivity index (χ3n) is 2.39. The fourth-order valence-corrected chi connectivity index (χ4v) is 1.28. The molecule has 0 aliphatic carbocycles. The van der Waals surface area contributed by atoms with Crippen LogP contribution < -0.4 is 5.32 Å². The number of benzene rings is 1. The molecule has 0 atom stereocenters. The Morgan fingerprint density at radius 3 is 2.67 bits per heavy atom. The maximum absolute atomic E-state index is 12.9. The second kappa shape index (κ2) is 7.94. The normalized spacial score (nSPS) is 10.7. The Bertz CT molecular complexity index is 567. The van der Waals surface area contributed by atoms with Crippen LogP contribution in [0.4, 0.5) is 4.39 Å². The van der Waals surface area contributed by atoms with E-state index in [2.05, 4.69) is 10.1 Å². The fraction of sp³-hybridized carbons (Fsp3) is 0.267. The zero-order chi connectivity index (χ0) is 15.8. The molecule has 1 aromatic rings. The highest BCUT2D eigenvalue weighted by Gasteiger charge is 2.12. The van der Waals surface area contributed by atoms with E-state index in [-0.39, 0.29) is 5.92 Å². The Morgan fingerprint density at radius 1 is 1.33 bits per heavy atom. The summed E-state index contributed by atoms with van der Waals surface area (Å²) in [5, 5.41) is 2.09. The first-order valence-corrected chi connectivity index (χ1v) is 6.32. The molecule has 0 bridgehead atoms. The molecule has 0 aliphatic rings. The van der Waals surface area contributed by atoms with E-state index in [1.165, 1.54) is 24.3 Å². The number of rotatable bonds is 5. The molecule has 0 heterocycles. The number of hydrogen-bond donors (Lipinski definition) is 1. The fourth-order valence-electron chi connectivity index (χ4n) is 1.28. The molecule has 21 heavy (non-hydrogen) atoms. The third-order valence-corrected chi connectivity index (χ3v) is 2.39. The van der Waals surface area contributed by atoms with Gasteiger partial charge in [0.25, 0.3) is 5.91 Å². The molecule has 0 unspecified atom stereocenters. The van der Waals surface area contributed by atoms with Gasteiger partial charge in [0.15, 0.2) is 6.61 Å². The number of amides is 2. The average molecular weight is 293 g/mol. The van der Waals surface area contributed by atoms with Crippen LogP contribution in [0, 0.1) is 11.7 Å². The van der Waals surface area contributed by atoms with E-state index in [0.29, 0.717) is 5.56 Å². The van der Waals surface area contributed by atoms with Crippen LogP contribution in [0.5, 0.6) is 0 Å². The summed E-state index contributed by atoms with van der Waals surface area (Å²) in [6.45, 7) is 2.72. The predicted octanol–water partition coefficient (Wildman–Crippen LogP) is 1.68. The van der Waals surface area contributed by atoms with Crippen LogP contribution in [0.15, 0.2) is 30.3 Å². The van der Waals surface area contributed by atoms with E-state index < -0.39 is 30.2 Å². The van der Waals surface area contributed by atoms with Gasteiger partial charge < -0.3 is 4.74 Å². The largest absolute Gasteiger partial charge is 0.452 e. The van der Waals surface area contributed by atoms with Gasteiger partial charge in [-0.25, -0.2) is 9.18 Å². The minimum Gasteiger partial charge on any atom is -0.452 e. The number of carbonyl (C=O) groups is 3. The Balaban J connectivity index is 2.41. The van der Waals surface area contributed by atoms with E-state index in [4.69, 9.17) is 0 Å². The maximum Gasteiger partial charge on any atom is 0.331 e. The van der Waals surface area contributed by atoms with Gasteiger partial charge in [0.2, 0.25) is 5.91 Å². The van der Waals surface area contributed by atoms with Crippen LogP contribution in [-0.4, -0.2) is 24.4 Å². The first-order chi connectivity index (χ1) is 9.88. The zero-order valence-corrected chi connectivity index (χ0v) is 11.8. The van der Waals surface area contributed by atoms with Gasteiger partial charge in [-0.3, -0.25) is 14.9 Å². The van der Waals surface area contributed by atoms with Gasteiger partial charge in [-0.05, 0) is 23.8 Å². The standard InChI is InChI=1S/C15H16FNO4/c1-10(2)15(20)17-13(18)9-21-14(19)7-6-11-4-3-5-12(16)8-11/h3-8,10H,9H2,1-2H3,(H,17,18,20)/b7-6+. The molecule has 6 heteroatoms. The van der Waals surface area contributed by atoms with Gasteiger partial charge in [-0.15, -0.1) is 0 Å². The quantitative estimate of drug-likeness (QED) is 0.662. The van der Waals surface area contributed by atoms with E-state index in [1.807, 2.05) is 0 Å². The van der Waals surface area contributed by atoms with Crippen molar-refractivity contribution in [2.24, 2.45) is 5.92 Å². The van der Waals surface area contributed by atoms with Gasteiger partial charge in [0.05, 0.1) is 0 Å². The highest BCUT2D eigenvalue weighted by atomic mass is 19.1.